The summed E-state index contributed by atoms with van der Waals surface area (Å²) >= 11 is 0. The smallest absolute Gasteiger partial charge is 0.387 e. The van der Waals surface area contributed by atoms with Crippen LogP contribution in [0.5, 0.6) is 5.75 Å². The van der Waals surface area contributed by atoms with Crippen LogP contribution in [0.4, 0.5) is 34.8 Å². The maximum atomic E-state index is 15.4. The molecule has 1 N–H and O–H groups in total. The third-order valence-corrected chi connectivity index (χ3v) is 7.01. The molecule has 2 aromatic carbocycles. The molecule has 0 amide bonds. The maximum Gasteiger partial charge on any atom is 0.387 e. The van der Waals surface area contributed by atoms with Gasteiger partial charge in [0.1, 0.15) is 23.2 Å². The average Bonchev–Trinajstić information content (AvgIpc) is 2.99. The third kappa shape index (κ3) is 5.55. The lowest BCUT2D eigenvalue weighted by Gasteiger charge is -2.28. The highest BCUT2D eigenvalue weighted by molar-refractivity contribution is 5.99. The molecule has 214 valence electrons. The molecule has 42 heavy (non-hydrogen) atoms. The number of anilines is 3. The number of benzene rings is 2. The van der Waals surface area contributed by atoms with Crippen molar-refractivity contribution in [3.05, 3.63) is 90.3 Å². The molecule has 1 aliphatic rings. The van der Waals surface area contributed by atoms with E-state index in [2.05, 4.69) is 29.9 Å². The van der Waals surface area contributed by atoms with E-state index >= 15 is 4.39 Å². The molecule has 0 saturated carbocycles. The van der Waals surface area contributed by atoms with Gasteiger partial charge in [-0.25, -0.2) is 18.7 Å². The zero-order chi connectivity index (χ0) is 29.2. The van der Waals surface area contributed by atoms with E-state index in [1.807, 2.05) is 6.07 Å². The summed E-state index contributed by atoms with van der Waals surface area (Å²) in [6, 6.07) is 15.4. The van der Waals surface area contributed by atoms with Gasteiger partial charge in [0.25, 0.3) is 0 Å². The number of rotatable bonds is 7. The summed E-state index contributed by atoms with van der Waals surface area (Å²) in [7, 11) is 0. The van der Waals surface area contributed by atoms with Crippen LogP contribution < -0.4 is 15.0 Å². The van der Waals surface area contributed by atoms with E-state index in [9.17, 15) is 13.2 Å². The zero-order valence-corrected chi connectivity index (χ0v) is 22.5. The first-order chi connectivity index (χ1) is 20.4. The van der Waals surface area contributed by atoms with Crippen molar-refractivity contribution in [3.63, 3.8) is 0 Å². The molecule has 3 aromatic heterocycles. The molecule has 1 saturated heterocycles. The summed E-state index contributed by atoms with van der Waals surface area (Å²) in [5.74, 6) is -0.913. The summed E-state index contributed by atoms with van der Waals surface area (Å²) in [4.78, 5) is 15.7. The highest BCUT2D eigenvalue weighted by Gasteiger charge is 2.21. The SMILES string of the molecule is Cc1c(-c2ccccn2)nc2cc(F)cc(F)c2c1Nc1cc(N2CCOCC2)ncc1-c1cccc(OC(F)F)c1. The normalized spacial score (nSPS) is 13.5. The number of hydrogen-bond donors (Lipinski definition) is 1. The van der Waals surface area contributed by atoms with Crippen LogP contribution in [0.15, 0.2) is 73.1 Å². The van der Waals surface area contributed by atoms with E-state index in [0.717, 1.165) is 6.07 Å². The Morgan fingerprint density at radius 3 is 2.57 bits per heavy atom. The van der Waals surface area contributed by atoms with Crippen LogP contribution in [-0.2, 0) is 4.74 Å². The minimum atomic E-state index is -2.99. The first-order valence-electron chi connectivity index (χ1n) is 13.2. The van der Waals surface area contributed by atoms with Gasteiger partial charge in [0.05, 0.1) is 46.9 Å². The van der Waals surface area contributed by atoms with Crippen LogP contribution in [0.3, 0.4) is 0 Å². The lowest BCUT2D eigenvalue weighted by atomic mass is 10.0. The Morgan fingerprint density at radius 2 is 1.81 bits per heavy atom. The van der Waals surface area contributed by atoms with E-state index in [1.165, 1.54) is 18.2 Å². The molecule has 6 rings (SSSR count). The van der Waals surface area contributed by atoms with Gasteiger partial charge in [-0.05, 0) is 36.8 Å². The summed E-state index contributed by atoms with van der Waals surface area (Å²) in [6.07, 6.45) is 3.24. The largest absolute Gasteiger partial charge is 0.435 e. The number of nitrogens with zero attached hydrogens (tertiary/aromatic N) is 4. The van der Waals surface area contributed by atoms with Gasteiger partial charge in [0.15, 0.2) is 0 Å². The lowest BCUT2D eigenvalue weighted by molar-refractivity contribution is -0.0498. The van der Waals surface area contributed by atoms with Crippen molar-refractivity contribution in [2.45, 2.75) is 13.5 Å². The summed E-state index contributed by atoms with van der Waals surface area (Å²) in [6.45, 7) is 1.12. The van der Waals surface area contributed by atoms with E-state index in [-0.39, 0.29) is 16.7 Å². The van der Waals surface area contributed by atoms with Gasteiger partial charge in [0.2, 0.25) is 0 Å². The molecule has 4 heterocycles. The molecular formula is C31H25F4N5O2. The lowest BCUT2D eigenvalue weighted by Crippen LogP contribution is -2.36. The molecule has 7 nitrogen and oxygen atoms in total. The fourth-order valence-corrected chi connectivity index (χ4v) is 5.03. The van der Waals surface area contributed by atoms with E-state index in [1.54, 1.807) is 49.6 Å². The van der Waals surface area contributed by atoms with Gasteiger partial charge >= 0.3 is 6.61 Å². The number of fused-ring (bicyclic) bond motifs is 1. The second kappa shape index (κ2) is 11.6. The topological polar surface area (TPSA) is 72.4 Å². The molecular weight excluding hydrogens is 550 g/mol. The summed E-state index contributed by atoms with van der Waals surface area (Å²) in [5.41, 5.74) is 3.65. The van der Waals surface area contributed by atoms with Crippen molar-refractivity contribution >= 4 is 28.1 Å². The highest BCUT2D eigenvalue weighted by atomic mass is 19.3. The van der Waals surface area contributed by atoms with Crippen LogP contribution >= 0.6 is 0 Å². The molecule has 0 bridgehead atoms. The molecule has 1 aliphatic heterocycles. The Bertz CT molecular complexity index is 1750. The molecule has 0 unspecified atom stereocenters. The minimum Gasteiger partial charge on any atom is -0.435 e. The van der Waals surface area contributed by atoms with Gasteiger partial charge < -0.3 is 19.7 Å². The standard InChI is InChI=1S/C31H25F4N5O2/c1-18-29(24-7-2-3-8-36-24)39-26-15-20(32)14-23(33)28(26)30(18)38-25-16-27(40-9-11-41-12-10-40)37-17-22(25)19-5-4-6-21(13-19)42-31(34)35/h2-8,13-17,31H,9-12H2,1H3,(H,37,38,39). The second-order valence-corrected chi connectivity index (χ2v) is 9.68. The molecule has 0 radical (unpaired) electrons. The molecule has 5 aromatic rings. The zero-order valence-electron chi connectivity index (χ0n) is 22.5. The van der Waals surface area contributed by atoms with Gasteiger partial charge in [-0.3, -0.25) is 4.98 Å². The molecule has 0 aliphatic carbocycles. The predicted molar refractivity (Wildman–Crippen MR) is 152 cm³/mol. The summed E-state index contributed by atoms with van der Waals surface area (Å²) < 4.78 is 65.9. The monoisotopic (exact) mass is 575 g/mol. The van der Waals surface area contributed by atoms with E-state index < -0.39 is 18.2 Å². The van der Waals surface area contributed by atoms with Crippen molar-refractivity contribution in [1.82, 2.24) is 15.0 Å². The number of pyridine rings is 3. The van der Waals surface area contributed by atoms with Crippen molar-refractivity contribution < 1.29 is 27.0 Å². The Kier molecular flexibility index (Phi) is 7.58. The first kappa shape index (κ1) is 27.4. The van der Waals surface area contributed by atoms with Crippen LogP contribution in [0.1, 0.15) is 5.56 Å². The number of morpholine rings is 1. The van der Waals surface area contributed by atoms with E-state index in [0.29, 0.717) is 71.6 Å². The van der Waals surface area contributed by atoms with Crippen molar-refractivity contribution in [2.24, 2.45) is 0 Å². The van der Waals surface area contributed by atoms with Crippen molar-refractivity contribution in [1.29, 1.82) is 0 Å². The Hall–Kier alpha value is -4.77. The Balaban J connectivity index is 1.55. The Morgan fingerprint density at radius 1 is 0.976 bits per heavy atom. The quantitative estimate of drug-likeness (QED) is 0.207. The number of ether oxygens (including phenoxy) is 2. The summed E-state index contributed by atoms with van der Waals surface area (Å²) in [5, 5.41) is 3.47. The minimum absolute atomic E-state index is 0.0183. The van der Waals surface area contributed by atoms with Gasteiger partial charge in [-0.1, -0.05) is 18.2 Å². The third-order valence-electron chi connectivity index (χ3n) is 7.01. The fourth-order valence-electron chi connectivity index (χ4n) is 5.03. The molecule has 1 fully saturated rings. The van der Waals surface area contributed by atoms with E-state index in [4.69, 9.17) is 4.74 Å². The van der Waals surface area contributed by atoms with Gasteiger partial charge in [-0.15, -0.1) is 0 Å². The number of halogens is 4. The Labute approximate surface area is 238 Å². The molecule has 0 spiro atoms. The molecule has 11 heteroatoms. The number of nitrogens with one attached hydrogen (secondary N) is 1. The van der Waals surface area contributed by atoms with Gasteiger partial charge in [0, 0.05) is 54.8 Å². The van der Waals surface area contributed by atoms with Crippen LogP contribution in [0.25, 0.3) is 33.4 Å². The number of aromatic nitrogens is 3. The first-order valence-corrected chi connectivity index (χ1v) is 13.2. The van der Waals surface area contributed by atoms with Crippen molar-refractivity contribution in [3.8, 4) is 28.3 Å². The van der Waals surface area contributed by atoms with Crippen LogP contribution in [0.2, 0.25) is 0 Å². The van der Waals surface area contributed by atoms with Crippen molar-refractivity contribution in [2.75, 3.05) is 36.5 Å². The van der Waals surface area contributed by atoms with Crippen LogP contribution in [0, 0.1) is 18.6 Å². The van der Waals surface area contributed by atoms with Gasteiger partial charge in [-0.2, -0.15) is 8.78 Å². The highest BCUT2D eigenvalue weighted by Crippen LogP contribution is 2.40. The average molecular weight is 576 g/mol. The predicted octanol–water partition coefficient (Wildman–Crippen LogP) is 7.13. The number of alkyl halides is 2. The maximum absolute atomic E-state index is 15.4. The fraction of sp³-hybridized carbons (Fsp3) is 0.194. The van der Waals surface area contributed by atoms with Crippen LogP contribution in [-0.4, -0.2) is 47.9 Å². The number of hydrogen-bond acceptors (Lipinski definition) is 7. The second-order valence-electron chi connectivity index (χ2n) is 9.68. The molecule has 0 atom stereocenters.